The van der Waals surface area contributed by atoms with Crippen LogP contribution in [0.25, 0.3) is 0 Å². The van der Waals surface area contributed by atoms with E-state index in [2.05, 4.69) is 32.7 Å². The van der Waals surface area contributed by atoms with Crippen molar-refractivity contribution in [1.82, 2.24) is 15.5 Å². The molecule has 0 amide bonds. The van der Waals surface area contributed by atoms with Crippen molar-refractivity contribution in [3.05, 3.63) is 65.2 Å². The van der Waals surface area contributed by atoms with Gasteiger partial charge in [0, 0.05) is 20.1 Å². The molecule has 0 bridgehead atoms. The van der Waals surface area contributed by atoms with E-state index in [0.29, 0.717) is 12.1 Å². The predicted molar refractivity (Wildman–Crippen MR) is 123 cm³/mol. The average molecular weight is 425 g/mol. The Balaban J connectivity index is 1.59. The molecule has 0 spiro atoms. The molecule has 3 rings (SSSR count). The van der Waals surface area contributed by atoms with Gasteiger partial charge in [0.1, 0.15) is 5.75 Å². The molecule has 1 heterocycles. The number of rotatable bonds is 8. The van der Waals surface area contributed by atoms with Crippen LogP contribution < -0.4 is 15.4 Å². The second-order valence-corrected chi connectivity index (χ2v) is 7.53. The fourth-order valence-electron chi connectivity index (χ4n) is 3.81. The average Bonchev–Trinajstić information content (AvgIpc) is 3.36. The smallest absolute Gasteiger partial charge is 0.337 e. The summed E-state index contributed by atoms with van der Waals surface area (Å²) in [7, 11) is 4.84. The largest absolute Gasteiger partial charge is 0.497 e. The molecular weight excluding hydrogens is 392 g/mol. The molecule has 7 heteroatoms. The number of guanidine groups is 1. The summed E-state index contributed by atoms with van der Waals surface area (Å²) in [6.45, 7) is 3.58. The summed E-state index contributed by atoms with van der Waals surface area (Å²) in [5, 5.41) is 6.82. The van der Waals surface area contributed by atoms with Crippen molar-refractivity contribution < 1.29 is 14.3 Å². The van der Waals surface area contributed by atoms with Crippen molar-refractivity contribution >= 4 is 11.9 Å². The summed E-state index contributed by atoms with van der Waals surface area (Å²) < 4.78 is 10.0. The van der Waals surface area contributed by atoms with Gasteiger partial charge in [0.15, 0.2) is 5.96 Å². The Bertz CT molecular complexity index is 859. The van der Waals surface area contributed by atoms with Crippen LogP contribution in [0.4, 0.5) is 0 Å². The van der Waals surface area contributed by atoms with Crippen molar-refractivity contribution in [2.45, 2.75) is 25.4 Å². The number of hydrogen-bond donors (Lipinski definition) is 2. The number of methoxy groups -OCH3 is 2. The van der Waals surface area contributed by atoms with Crippen LogP contribution >= 0.6 is 0 Å². The van der Waals surface area contributed by atoms with Gasteiger partial charge in [-0.1, -0.05) is 24.3 Å². The minimum Gasteiger partial charge on any atom is -0.497 e. The fraction of sp³-hybridized carbons (Fsp3) is 0.417. The highest BCUT2D eigenvalue weighted by molar-refractivity contribution is 5.89. The molecule has 1 aliphatic heterocycles. The lowest BCUT2D eigenvalue weighted by molar-refractivity contribution is 0.0600. The monoisotopic (exact) mass is 424 g/mol. The third-order valence-electron chi connectivity index (χ3n) is 5.60. The number of carbonyl (C=O) groups is 1. The van der Waals surface area contributed by atoms with E-state index in [0.717, 1.165) is 36.9 Å². The minimum absolute atomic E-state index is 0.270. The first-order chi connectivity index (χ1) is 15.1. The van der Waals surface area contributed by atoms with Gasteiger partial charge in [-0.25, -0.2) is 4.79 Å². The highest BCUT2D eigenvalue weighted by Crippen LogP contribution is 2.26. The Labute approximate surface area is 184 Å². The molecule has 7 nitrogen and oxygen atoms in total. The number of esters is 1. The van der Waals surface area contributed by atoms with Crippen LogP contribution in [-0.2, 0) is 11.3 Å². The zero-order valence-electron chi connectivity index (χ0n) is 18.6. The lowest BCUT2D eigenvalue weighted by atomic mass is 10.1. The van der Waals surface area contributed by atoms with Gasteiger partial charge in [-0.2, -0.15) is 0 Å². The van der Waals surface area contributed by atoms with E-state index in [-0.39, 0.29) is 12.0 Å². The van der Waals surface area contributed by atoms with E-state index in [1.54, 1.807) is 26.3 Å². The quantitative estimate of drug-likeness (QED) is 0.386. The second-order valence-electron chi connectivity index (χ2n) is 7.53. The van der Waals surface area contributed by atoms with Gasteiger partial charge in [0.25, 0.3) is 0 Å². The van der Waals surface area contributed by atoms with E-state index in [9.17, 15) is 4.79 Å². The molecule has 1 unspecified atom stereocenters. The van der Waals surface area contributed by atoms with Gasteiger partial charge < -0.3 is 20.1 Å². The molecule has 1 fully saturated rings. The lowest BCUT2D eigenvalue weighted by Gasteiger charge is -2.29. The van der Waals surface area contributed by atoms with Crippen molar-refractivity contribution in [2.75, 3.05) is 40.9 Å². The maximum absolute atomic E-state index is 11.6. The molecule has 2 aromatic carbocycles. The first-order valence-corrected chi connectivity index (χ1v) is 10.6. The number of aliphatic imine (C=N–C) groups is 1. The molecule has 1 saturated heterocycles. The zero-order chi connectivity index (χ0) is 22.1. The molecule has 0 saturated carbocycles. The number of benzene rings is 2. The van der Waals surface area contributed by atoms with Gasteiger partial charge in [-0.15, -0.1) is 0 Å². The molecule has 2 N–H and O–H groups in total. The lowest BCUT2D eigenvalue weighted by Crippen LogP contribution is -2.42. The molecule has 1 aliphatic rings. The summed E-state index contributed by atoms with van der Waals surface area (Å²) in [4.78, 5) is 18.5. The Morgan fingerprint density at radius 3 is 2.29 bits per heavy atom. The normalized spacial score (nSPS) is 15.4. The van der Waals surface area contributed by atoms with Crippen molar-refractivity contribution in [3.8, 4) is 5.75 Å². The Morgan fingerprint density at radius 2 is 1.71 bits per heavy atom. The van der Waals surface area contributed by atoms with Crippen LogP contribution in [0.3, 0.4) is 0 Å². The first-order valence-electron chi connectivity index (χ1n) is 10.6. The van der Waals surface area contributed by atoms with Crippen LogP contribution in [0.1, 0.15) is 40.4 Å². The van der Waals surface area contributed by atoms with Gasteiger partial charge in [-0.05, 0) is 61.3 Å². The van der Waals surface area contributed by atoms with E-state index in [1.165, 1.54) is 25.5 Å². The topological polar surface area (TPSA) is 75.2 Å². The minimum atomic E-state index is -0.330. The molecule has 0 radical (unpaired) electrons. The maximum atomic E-state index is 11.6. The molecule has 0 aromatic heterocycles. The highest BCUT2D eigenvalue weighted by atomic mass is 16.5. The van der Waals surface area contributed by atoms with E-state index in [4.69, 9.17) is 9.47 Å². The summed E-state index contributed by atoms with van der Waals surface area (Å²) in [5.41, 5.74) is 2.87. The third kappa shape index (κ3) is 6.21. The zero-order valence-corrected chi connectivity index (χ0v) is 18.6. The van der Waals surface area contributed by atoms with Gasteiger partial charge in [-0.3, -0.25) is 9.89 Å². The third-order valence-corrected chi connectivity index (χ3v) is 5.60. The SMILES string of the molecule is CN=C(NCc1ccc(C(=O)OC)cc1)NCC(c1ccc(OC)cc1)N1CCCC1. The van der Waals surface area contributed by atoms with E-state index >= 15 is 0 Å². The highest BCUT2D eigenvalue weighted by Gasteiger charge is 2.23. The van der Waals surface area contributed by atoms with Gasteiger partial charge in [0.05, 0.1) is 25.8 Å². The molecule has 2 aromatic rings. The maximum Gasteiger partial charge on any atom is 0.337 e. The number of nitrogens with zero attached hydrogens (tertiary/aromatic N) is 2. The molecule has 31 heavy (non-hydrogen) atoms. The Kier molecular flexibility index (Phi) is 8.29. The second kappa shape index (κ2) is 11.4. The summed E-state index contributed by atoms with van der Waals surface area (Å²) in [5.74, 6) is 1.28. The molecule has 1 atom stereocenters. The van der Waals surface area contributed by atoms with Gasteiger partial charge >= 0.3 is 5.97 Å². The molecule has 166 valence electrons. The van der Waals surface area contributed by atoms with Crippen LogP contribution in [0.15, 0.2) is 53.5 Å². The van der Waals surface area contributed by atoms with Crippen molar-refractivity contribution in [1.29, 1.82) is 0 Å². The van der Waals surface area contributed by atoms with Crippen LogP contribution in [0, 0.1) is 0 Å². The molecule has 0 aliphatic carbocycles. The predicted octanol–water partition coefficient (Wildman–Crippen LogP) is 2.98. The van der Waals surface area contributed by atoms with Crippen molar-refractivity contribution in [3.63, 3.8) is 0 Å². The van der Waals surface area contributed by atoms with Crippen LogP contribution in [0.5, 0.6) is 5.75 Å². The van der Waals surface area contributed by atoms with Crippen LogP contribution in [-0.4, -0.2) is 57.7 Å². The fourth-order valence-corrected chi connectivity index (χ4v) is 3.81. The van der Waals surface area contributed by atoms with E-state index in [1.807, 2.05) is 24.3 Å². The number of hydrogen-bond acceptors (Lipinski definition) is 5. The molecular formula is C24H32N4O3. The number of ether oxygens (including phenoxy) is 2. The Hall–Kier alpha value is -3.06. The van der Waals surface area contributed by atoms with Crippen LogP contribution in [0.2, 0.25) is 0 Å². The Morgan fingerprint density at radius 1 is 1.03 bits per heavy atom. The summed E-state index contributed by atoms with van der Waals surface area (Å²) in [6.07, 6.45) is 2.47. The summed E-state index contributed by atoms with van der Waals surface area (Å²) in [6, 6.07) is 16.0. The summed E-state index contributed by atoms with van der Waals surface area (Å²) >= 11 is 0. The van der Waals surface area contributed by atoms with E-state index < -0.39 is 0 Å². The number of carbonyl (C=O) groups excluding carboxylic acids is 1. The van der Waals surface area contributed by atoms with Gasteiger partial charge in [0.2, 0.25) is 0 Å². The standard InChI is InChI=1S/C24H32N4O3/c1-25-24(26-16-18-6-8-20(9-7-18)23(29)31-3)27-17-22(28-14-4-5-15-28)19-10-12-21(30-2)13-11-19/h6-13,22H,4-5,14-17H2,1-3H3,(H2,25,26,27). The first kappa shape index (κ1) is 22.6. The van der Waals surface area contributed by atoms with Crippen molar-refractivity contribution in [2.24, 2.45) is 4.99 Å². The number of likely N-dealkylation sites (tertiary alicyclic amines) is 1. The number of nitrogens with one attached hydrogen (secondary N) is 2.